The van der Waals surface area contributed by atoms with E-state index >= 15 is 0 Å². The van der Waals surface area contributed by atoms with Crippen LogP contribution in [0.25, 0.3) is 0 Å². The SMILES string of the molecule is CSc1cc(N2CCCC(N)C2)ncn1. The van der Waals surface area contributed by atoms with Gasteiger partial charge in [-0.15, -0.1) is 11.8 Å². The Kier molecular flexibility index (Phi) is 3.43. The summed E-state index contributed by atoms with van der Waals surface area (Å²) in [4.78, 5) is 10.7. The first-order valence-electron chi connectivity index (χ1n) is 5.16. The maximum Gasteiger partial charge on any atom is 0.133 e. The number of piperidine rings is 1. The van der Waals surface area contributed by atoms with Gasteiger partial charge in [0.2, 0.25) is 0 Å². The third-order valence-corrected chi connectivity index (χ3v) is 3.26. The highest BCUT2D eigenvalue weighted by Crippen LogP contribution is 2.20. The number of anilines is 1. The van der Waals surface area contributed by atoms with Gasteiger partial charge in [0.05, 0.1) is 0 Å². The largest absolute Gasteiger partial charge is 0.355 e. The highest BCUT2D eigenvalue weighted by Gasteiger charge is 2.17. The van der Waals surface area contributed by atoms with E-state index in [1.807, 2.05) is 12.3 Å². The van der Waals surface area contributed by atoms with Gasteiger partial charge in [-0.05, 0) is 19.1 Å². The third kappa shape index (κ3) is 2.60. The summed E-state index contributed by atoms with van der Waals surface area (Å²) >= 11 is 1.64. The number of rotatable bonds is 2. The molecule has 0 spiro atoms. The van der Waals surface area contributed by atoms with Crippen molar-refractivity contribution in [3.05, 3.63) is 12.4 Å². The van der Waals surface area contributed by atoms with Crippen LogP contribution in [0.4, 0.5) is 5.82 Å². The summed E-state index contributed by atoms with van der Waals surface area (Å²) in [5.41, 5.74) is 5.94. The number of nitrogens with two attached hydrogens (primary N) is 1. The average Bonchev–Trinajstić information content (AvgIpc) is 2.29. The topological polar surface area (TPSA) is 55.0 Å². The second kappa shape index (κ2) is 4.81. The second-order valence-corrected chi connectivity index (χ2v) is 4.59. The second-order valence-electron chi connectivity index (χ2n) is 3.77. The van der Waals surface area contributed by atoms with Crippen LogP contribution in [-0.2, 0) is 0 Å². The summed E-state index contributed by atoms with van der Waals surface area (Å²) in [6.45, 7) is 1.96. The molecule has 1 saturated heterocycles. The summed E-state index contributed by atoms with van der Waals surface area (Å²) in [7, 11) is 0. The fraction of sp³-hybridized carbons (Fsp3) is 0.600. The van der Waals surface area contributed by atoms with Crippen LogP contribution in [0, 0.1) is 0 Å². The van der Waals surface area contributed by atoms with Gasteiger partial charge in [-0.3, -0.25) is 0 Å². The van der Waals surface area contributed by atoms with E-state index in [9.17, 15) is 0 Å². The van der Waals surface area contributed by atoms with E-state index in [1.165, 1.54) is 0 Å². The molecular formula is C10H16N4S. The average molecular weight is 224 g/mol. The lowest BCUT2D eigenvalue weighted by molar-refractivity contribution is 0.502. The number of thioether (sulfide) groups is 1. The molecule has 1 aliphatic rings. The molecule has 1 unspecified atom stereocenters. The summed E-state index contributed by atoms with van der Waals surface area (Å²) in [5.74, 6) is 1.00. The Morgan fingerprint density at radius 3 is 3.13 bits per heavy atom. The molecule has 0 bridgehead atoms. The van der Waals surface area contributed by atoms with Gasteiger partial charge < -0.3 is 10.6 Å². The lowest BCUT2D eigenvalue weighted by Gasteiger charge is -2.31. The minimum atomic E-state index is 0.284. The molecular weight excluding hydrogens is 208 g/mol. The Morgan fingerprint density at radius 1 is 1.53 bits per heavy atom. The molecule has 1 aromatic rings. The van der Waals surface area contributed by atoms with E-state index in [1.54, 1.807) is 18.1 Å². The summed E-state index contributed by atoms with van der Waals surface area (Å²) in [6, 6.07) is 2.31. The minimum absolute atomic E-state index is 0.284. The van der Waals surface area contributed by atoms with Crippen LogP contribution in [-0.4, -0.2) is 35.4 Å². The maximum absolute atomic E-state index is 5.94. The van der Waals surface area contributed by atoms with E-state index < -0.39 is 0 Å². The molecule has 1 aromatic heterocycles. The Bertz CT molecular complexity index is 331. The van der Waals surface area contributed by atoms with Crippen LogP contribution in [0.5, 0.6) is 0 Å². The van der Waals surface area contributed by atoms with E-state index in [2.05, 4.69) is 14.9 Å². The summed E-state index contributed by atoms with van der Waals surface area (Å²) in [6.07, 6.45) is 5.92. The van der Waals surface area contributed by atoms with Crippen LogP contribution in [0.3, 0.4) is 0 Å². The van der Waals surface area contributed by atoms with Gasteiger partial charge in [0, 0.05) is 25.2 Å². The molecule has 0 aromatic carbocycles. The zero-order valence-electron chi connectivity index (χ0n) is 8.89. The van der Waals surface area contributed by atoms with E-state index in [0.717, 1.165) is 36.8 Å². The minimum Gasteiger partial charge on any atom is -0.355 e. The molecule has 2 rings (SSSR count). The molecule has 0 saturated carbocycles. The van der Waals surface area contributed by atoms with Gasteiger partial charge in [-0.2, -0.15) is 0 Å². The standard InChI is InChI=1S/C10H16N4S/c1-15-10-5-9(12-7-13-10)14-4-2-3-8(11)6-14/h5,7-8H,2-4,6,11H2,1H3. The molecule has 82 valence electrons. The van der Waals surface area contributed by atoms with Crippen molar-refractivity contribution in [3.8, 4) is 0 Å². The monoisotopic (exact) mass is 224 g/mol. The van der Waals surface area contributed by atoms with E-state index in [4.69, 9.17) is 5.73 Å². The van der Waals surface area contributed by atoms with Crippen molar-refractivity contribution in [2.45, 2.75) is 23.9 Å². The number of nitrogens with zero attached hydrogens (tertiary/aromatic N) is 3. The molecule has 0 radical (unpaired) electrons. The Hall–Kier alpha value is -0.810. The smallest absolute Gasteiger partial charge is 0.133 e. The van der Waals surface area contributed by atoms with Gasteiger partial charge in [0.15, 0.2) is 0 Å². The van der Waals surface area contributed by atoms with Crippen molar-refractivity contribution in [3.63, 3.8) is 0 Å². The summed E-state index contributed by atoms with van der Waals surface area (Å²) < 4.78 is 0. The van der Waals surface area contributed by atoms with Crippen LogP contribution in [0.2, 0.25) is 0 Å². The van der Waals surface area contributed by atoms with Crippen molar-refractivity contribution in [2.75, 3.05) is 24.2 Å². The van der Waals surface area contributed by atoms with Crippen molar-refractivity contribution in [2.24, 2.45) is 5.73 Å². The highest BCUT2D eigenvalue weighted by atomic mass is 32.2. The Morgan fingerprint density at radius 2 is 2.40 bits per heavy atom. The third-order valence-electron chi connectivity index (χ3n) is 2.62. The van der Waals surface area contributed by atoms with Crippen LogP contribution < -0.4 is 10.6 Å². The first-order chi connectivity index (χ1) is 7.29. The summed E-state index contributed by atoms with van der Waals surface area (Å²) in [5, 5.41) is 1.01. The maximum atomic E-state index is 5.94. The molecule has 1 aliphatic heterocycles. The van der Waals surface area contributed by atoms with Gasteiger partial charge >= 0.3 is 0 Å². The Labute approximate surface area is 94.3 Å². The fourth-order valence-electron chi connectivity index (χ4n) is 1.83. The zero-order valence-corrected chi connectivity index (χ0v) is 9.70. The number of hydrogen-bond donors (Lipinski definition) is 1. The lowest BCUT2D eigenvalue weighted by atomic mass is 10.1. The quantitative estimate of drug-likeness (QED) is 0.603. The van der Waals surface area contributed by atoms with Crippen molar-refractivity contribution in [1.29, 1.82) is 0 Å². The molecule has 2 heterocycles. The molecule has 0 amide bonds. The van der Waals surface area contributed by atoms with Gasteiger partial charge in [0.1, 0.15) is 17.2 Å². The van der Waals surface area contributed by atoms with Gasteiger partial charge in [-0.1, -0.05) is 0 Å². The molecule has 5 heteroatoms. The predicted octanol–water partition coefficient (Wildman–Crippen LogP) is 1.13. The van der Waals surface area contributed by atoms with Gasteiger partial charge in [0.25, 0.3) is 0 Å². The van der Waals surface area contributed by atoms with Gasteiger partial charge in [-0.25, -0.2) is 9.97 Å². The van der Waals surface area contributed by atoms with Crippen molar-refractivity contribution >= 4 is 17.6 Å². The first-order valence-corrected chi connectivity index (χ1v) is 6.38. The van der Waals surface area contributed by atoms with Crippen molar-refractivity contribution in [1.82, 2.24) is 9.97 Å². The van der Waals surface area contributed by atoms with E-state index in [0.29, 0.717) is 0 Å². The molecule has 4 nitrogen and oxygen atoms in total. The van der Waals surface area contributed by atoms with E-state index in [-0.39, 0.29) is 6.04 Å². The number of aromatic nitrogens is 2. The Balaban J connectivity index is 2.13. The van der Waals surface area contributed by atoms with Crippen LogP contribution in [0.1, 0.15) is 12.8 Å². The molecule has 1 atom stereocenters. The molecule has 0 aliphatic carbocycles. The predicted molar refractivity (Wildman–Crippen MR) is 63.2 cm³/mol. The molecule has 1 fully saturated rings. The zero-order chi connectivity index (χ0) is 10.7. The number of hydrogen-bond acceptors (Lipinski definition) is 5. The normalized spacial score (nSPS) is 21.7. The fourth-order valence-corrected chi connectivity index (χ4v) is 2.21. The molecule has 15 heavy (non-hydrogen) atoms. The van der Waals surface area contributed by atoms with Crippen LogP contribution >= 0.6 is 11.8 Å². The molecule has 2 N–H and O–H groups in total. The van der Waals surface area contributed by atoms with Crippen molar-refractivity contribution < 1.29 is 0 Å². The lowest BCUT2D eigenvalue weighted by Crippen LogP contribution is -2.43. The highest BCUT2D eigenvalue weighted by molar-refractivity contribution is 7.98. The first kappa shape index (κ1) is 10.7. The van der Waals surface area contributed by atoms with Crippen LogP contribution in [0.15, 0.2) is 17.4 Å².